The van der Waals surface area contributed by atoms with Crippen molar-refractivity contribution in [2.45, 2.75) is 111 Å². The monoisotopic (exact) mass is 634 g/mol. The zero-order valence-electron chi connectivity index (χ0n) is 28.9. The minimum Gasteiger partial charge on any atom is -0.458 e. The third kappa shape index (κ3) is 12.5. The van der Waals surface area contributed by atoms with E-state index in [1.165, 1.54) is 0 Å². The number of hydrogen-bond acceptors (Lipinski definition) is 7. The Labute approximate surface area is 273 Å². The molecule has 0 spiro atoms. The molecule has 3 unspecified atom stereocenters. The Morgan fingerprint density at radius 3 is 1.91 bits per heavy atom. The van der Waals surface area contributed by atoms with Crippen molar-refractivity contribution in [1.82, 2.24) is 15.5 Å². The van der Waals surface area contributed by atoms with Crippen molar-refractivity contribution >= 4 is 23.9 Å². The summed E-state index contributed by atoms with van der Waals surface area (Å²) in [5.41, 5.74) is 1.32. The van der Waals surface area contributed by atoms with Gasteiger partial charge in [0.25, 0.3) is 0 Å². The summed E-state index contributed by atoms with van der Waals surface area (Å²) < 4.78 is 11.1. The summed E-state index contributed by atoms with van der Waals surface area (Å²) in [4.78, 5) is 56.1. The molecule has 0 aliphatic heterocycles. The summed E-state index contributed by atoms with van der Waals surface area (Å²) in [5.74, 6) is -1.95. The topological polar surface area (TPSA) is 138 Å². The van der Waals surface area contributed by atoms with Crippen LogP contribution in [0.1, 0.15) is 90.1 Å². The number of nitriles is 1. The van der Waals surface area contributed by atoms with E-state index in [0.29, 0.717) is 5.56 Å². The summed E-state index contributed by atoms with van der Waals surface area (Å²) in [6.07, 6.45) is -0.414. The first kappa shape index (κ1) is 37.8. The number of benzene rings is 2. The van der Waals surface area contributed by atoms with E-state index >= 15 is 0 Å². The van der Waals surface area contributed by atoms with E-state index in [-0.39, 0.29) is 18.8 Å². The number of amides is 3. The summed E-state index contributed by atoms with van der Waals surface area (Å²) in [7, 11) is 0. The molecule has 2 N–H and O–H groups in total. The maximum Gasteiger partial charge on any atom is 0.408 e. The predicted octanol–water partition coefficient (Wildman–Crippen LogP) is 5.71. The number of rotatable bonds is 12. The van der Waals surface area contributed by atoms with E-state index in [2.05, 4.69) is 10.6 Å². The lowest BCUT2D eigenvalue weighted by molar-refractivity contribution is -0.159. The molecule has 46 heavy (non-hydrogen) atoms. The average Bonchev–Trinajstić information content (AvgIpc) is 2.89. The van der Waals surface area contributed by atoms with Crippen molar-refractivity contribution in [3.05, 3.63) is 70.8 Å². The standard InChI is InChI=1S/C36H50N4O6/c1-23(2)18-28(39-34(44)46-36(8,9)10)32(42)40(17-16-37)30(27-20-24(3)19-25(4)21-27)31(41)38-29(33(43)45-35(5,6)7)22-26-14-12-11-13-15-26/h11-15,19-21,23,28-30H,17-18,22H2,1-10H3,(H,38,41)(H,39,44). The molecule has 0 saturated heterocycles. The SMILES string of the molecule is Cc1cc(C)cc(C(C(=O)NC(Cc2ccccc2)C(=O)OC(C)(C)C)N(CC#N)C(=O)C(CC(C)C)NC(=O)OC(C)(C)C)c1. The highest BCUT2D eigenvalue weighted by Crippen LogP contribution is 2.26. The van der Waals surface area contributed by atoms with Crippen LogP contribution >= 0.6 is 0 Å². The molecule has 0 aliphatic rings. The largest absolute Gasteiger partial charge is 0.458 e. The lowest BCUT2D eigenvalue weighted by Gasteiger charge is -2.34. The van der Waals surface area contributed by atoms with Gasteiger partial charge in [-0.2, -0.15) is 5.26 Å². The Balaban J connectivity index is 2.63. The molecule has 3 atom stereocenters. The molecule has 2 rings (SSSR count). The molecule has 10 heteroatoms. The van der Waals surface area contributed by atoms with E-state index in [1.807, 2.05) is 70.2 Å². The number of esters is 1. The van der Waals surface area contributed by atoms with Gasteiger partial charge in [0.1, 0.15) is 35.9 Å². The third-order valence-electron chi connectivity index (χ3n) is 6.63. The second-order valence-electron chi connectivity index (χ2n) is 14.1. The Kier molecular flexibility index (Phi) is 13.4. The van der Waals surface area contributed by atoms with Crippen LogP contribution < -0.4 is 10.6 Å². The molecule has 0 aromatic heterocycles. The third-order valence-corrected chi connectivity index (χ3v) is 6.63. The number of aryl methyl sites for hydroxylation is 2. The summed E-state index contributed by atoms with van der Waals surface area (Å²) in [6, 6.07) is 13.2. The Morgan fingerprint density at radius 1 is 0.848 bits per heavy atom. The van der Waals surface area contributed by atoms with Crippen LogP contribution in [-0.4, -0.2) is 58.6 Å². The fourth-order valence-corrected chi connectivity index (χ4v) is 5.02. The summed E-state index contributed by atoms with van der Waals surface area (Å²) >= 11 is 0. The molecule has 0 fully saturated rings. The van der Waals surface area contributed by atoms with Crippen LogP contribution in [0.3, 0.4) is 0 Å². The molecule has 2 aromatic rings. The van der Waals surface area contributed by atoms with Crippen LogP contribution in [0, 0.1) is 31.1 Å². The van der Waals surface area contributed by atoms with Crippen LogP contribution in [0.4, 0.5) is 4.79 Å². The van der Waals surface area contributed by atoms with E-state index in [9.17, 15) is 24.4 Å². The first-order valence-corrected chi connectivity index (χ1v) is 15.6. The quantitative estimate of drug-likeness (QED) is 0.226. The highest BCUT2D eigenvalue weighted by atomic mass is 16.6. The smallest absolute Gasteiger partial charge is 0.408 e. The molecule has 0 saturated carbocycles. The predicted molar refractivity (Wildman–Crippen MR) is 177 cm³/mol. The highest BCUT2D eigenvalue weighted by molar-refractivity contribution is 5.94. The van der Waals surface area contributed by atoms with Crippen LogP contribution in [0.2, 0.25) is 0 Å². The summed E-state index contributed by atoms with van der Waals surface area (Å²) in [5, 5.41) is 15.4. The molecule has 0 bridgehead atoms. The van der Waals surface area contributed by atoms with Gasteiger partial charge >= 0.3 is 12.1 Å². The number of alkyl carbamates (subject to hydrolysis) is 1. The van der Waals surface area contributed by atoms with E-state index in [1.54, 1.807) is 53.7 Å². The number of nitrogens with one attached hydrogen (secondary N) is 2. The molecule has 0 heterocycles. The second kappa shape index (κ2) is 16.3. The van der Waals surface area contributed by atoms with Gasteiger partial charge in [-0.25, -0.2) is 9.59 Å². The number of carbonyl (C=O) groups excluding carboxylic acids is 4. The van der Waals surface area contributed by atoms with Gasteiger partial charge in [-0.3, -0.25) is 9.59 Å². The lowest BCUT2D eigenvalue weighted by atomic mass is 9.96. The molecule has 10 nitrogen and oxygen atoms in total. The molecule has 250 valence electrons. The van der Waals surface area contributed by atoms with Crippen molar-refractivity contribution in [1.29, 1.82) is 5.26 Å². The van der Waals surface area contributed by atoms with Gasteiger partial charge in [-0.15, -0.1) is 0 Å². The molecule has 3 amide bonds. The Morgan fingerprint density at radius 2 is 1.41 bits per heavy atom. The van der Waals surface area contributed by atoms with Crippen molar-refractivity contribution in [3.63, 3.8) is 0 Å². The van der Waals surface area contributed by atoms with Crippen LogP contribution in [0.15, 0.2) is 48.5 Å². The minimum absolute atomic E-state index is 0.0243. The van der Waals surface area contributed by atoms with Crippen molar-refractivity contribution in [2.75, 3.05) is 6.54 Å². The van der Waals surface area contributed by atoms with Crippen LogP contribution in [0.25, 0.3) is 0 Å². The van der Waals surface area contributed by atoms with E-state index < -0.39 is 59.7 Å². The average molecular weight is 635 g/mol. The van der Waals surface area contributed by atoms with Gasteiger partial charge in [0.2, 0.25) is 11.8 Å². The van der Waals surface area contributed by atoms with Gasteiger partial charge in [0.05, 0.1) is 6.07 Å². The van der Waals surface area contributed by atoms with Gasteiger partial charge in [-0.1, -0.05) is 73.5 Å². The summed E-state index contributed by atoms with van der Waals surface area (Å²) in [6.45, 7) is 17.4. The molecular formula is C36H50N4O6. The van der Waals surface area contributed by atoms with Crippen LogP contribution in [-0.2, 0) is 30.3 Å². The Hall–Kier alpha value is -4.39. The maximum absolute atomic E-state index is 14.4. The van der Waals surface area contributed by atoms with Gasteiger partial charge in [0, 0.05) is 6.42 Å². The van der Waals surface area contributed by atoms with E-state index in [0.717, 1.165) is 21.6 Å². The van der Waals surface area contributed by atoms with Crippen molar-refractivity contribution < 1.29 is 28.7 Å². The zero-order valence-corrected chi connectivity index (χ0v) is 28.9. The zero-order chi connectivity index (χ0) is 34.8. The van der Waals surface area contributed by atoms with E-state index in [4.69, 9.17) is 9.47 Å². The fraction of sp³-hybridized carbons (Fsp3) is 0.528. The van der Waals surface area contributed by atoms with Crippen LogP contribution in [0.5, 0.6) is 0 Å². The van der Waals surface area contributed by atoms with Gasteiger partial charge < -0.3 is 25.0 Å². The number of carbonyl (C=O) groups is 4. The van der Waals surface area contributed by atoms with Gasteiger partial charge in [0.15, 0.2) is 0 Å². The second-order valence-corrected chi connectivity index (χ2v) is 14.1. The first-order valence-electron chi connectivity index (χ1n) is 15.6. The lowest BCUT2D eigenvalue weighted by Crippen LogP contribution is -2.55. The minimum atomic E-state index is -1.30. The fourth-order valence-electron chi connectivity index (χ4n) is 5.02. The van der Waals surface area contributed by atoms with Gasteiger partial charge in [-0.05, 0) is 78.9 Å². The van der Waals surface area contributed by atoms with Crippen molar-refractivity contribution in [3.8, 4) is 6.07 Å². The normalized spacial score (nSPS) is 13.5. The first-order chi connectivity index (χ1) is 21.3. The maximum atomic E-state index is 14.4. The van der Waals surface area contributed by atoms with Crippen molar-refractivity contribution in [2.24, 2.45) is 5.92 Å². The number of hydrogen-bond donors (Lipinski definition) is 2. The Bertz CT molecular complexity index is 1380. The number of ether oxygens (including phenoxy) is 2. The molecular weight excluding hydrogens is 584 g/mol. The molecule has 0 aliphatic carbocycles. The molecule has 0 radical (unpaired) electrons. The highest BCUT2D eigenvalue weighted by Gasteiger charge is 2.38. The molecule has 2 aromatic carbocycles. The number of nitrogens with zero attached hydrogens (tertiary/aromatic N) is 2.